The molecule has 1 aromatic rings. The predicted octanol–water partition coefficient (Wildman–Crippen LogP) is 4.62. The number of aryl methyl sites for hydroxylation is 2. The summed E-state index contributed by atoms with van der Waals surface area (Å²) in [5.74, 6) is 0.559. The average molecular weight is 390 g/mol. The Labute approximate surface area is 166 Å². The molecule has 1 amide bonds. The summed E-state index contributed by atoms with van der Waals surface area (Å²) in [6.45, 7) is 3.79. The van der Waals surface area contributed by atoms with Gasteiger partial charge in [0, 0.05) is 10.6 Å². The Balaban J connectivity index is 1.39. The van der Waals surface area contributed by atoms with E-state index in [4.69, 9.17) is 16.3 Å². The maximum atomic E-state index is 12.9. The van der Waals surface area contributed by atoms with Gasteiger partial charge in [-0.3, -0.25) is 9.59 Å². The molecule has 5 rings (SSSR count). The minimum absolute atomic E-state index is 0.225. The molecule has 0 saturated heterocycles. The Morgan fingerprint density at radius 3 is 2.56 bits per heavy atom. The van der Waals surface area contributed by atoms with Crippen LogP contribution in [-0.4, -0.2) is 23.4 Å². The molecule has 0 spiro atoms. The summed E-state index contributed by atoms with van der Waals surface area (Å²) in [4.78, 5) is 25.1. The van der Waals surface area contributed by atoms with Crippen molar-refractivity contribution >= 4 is 29.2 Å². The topological polar surface area (TPSA) is 55.4 Å². The Hall–Kier alpha value is -1.55. The fraction of sp³-hybridized carbons (Fsp3) is 0.636. The van der Waals surface area contributed by atoms with E-state index >= 15 is 0 Å². The first kappa shape index (κ1) is 18.8. The third kappa shape index (κ3) is 3.49. The number of rotatable bonds is 5. The third-order valence-corrected chi connectivity index (χ3v) is 7.20. The Morgan fingerprint density at radius 2 is 1.93 bits per heavy atom. The first-order chi connectivity index (χ1) is 12.8. The Kier molecular flexibility index (Phi) is 4.74. The fourth-order valence-corrected chi connectivity index (χ4v) is 6.74. The van der Waals surface area contributed by atoms with E-state index in [0.29, 0.717) is 18.3 Å². The highest BCUT2D eigenvalue weighted by molar-refractivity contribution is 6.24. The van der Waals surface area contributed by atoms with E-state index in [1.165, 1.54) is 6.42 Å². The lowest BCUT2D eigenvalue weighted by Gasteiger charge is -2.58. The van der Waals surface area contributed by atoms with Gasteiger partial charge in [0.15, 0.2) is 6.61 Å². The van der Waals surface area contributed by atoms with Crippen LogP contribution in [0.4, 0.5) is 5.69 Å². The maximum absolute atomic E-state index is 12.9. The molecule has 146 valence electrons. The number of hydrogen-bond donors (Lipinski definition) is 1. The van der Waals surface area contributed by atoms with Crippen molar-refractivity contribution in [3.63, 3.8) is 0 Å². The van der Waals surface area contributed by atoms with Gasteiger partial charge >= 0.3 is 5.97 Å². The van der Waals surface area contributed by atoms with Crippen molar-refractivity contribution in [2.75, 3.05) is 11.9 Å². The van der Waals surface area contributed by atoms with Crippen molar-refractivity contribution in [1.82, 2.24) is 0 Å². The zero-order valence-corrected chi connectivity index (χ0v) is 16.9. The highest BCUT2D eigenvalue weighted by Crippen LogP contribution is 2.64. The molecule has 1 aromatic carbocycles. The molecule has 27 heavy (non-hydrogen) atoms. The second-order valence-corrected chi connectivity index (χ2v) is 9.78. The summed E-state index contributed by atoms with van der Waals surface area (Å²) in [7, 11) is 0. The second kappa shape index (κ2) is 6.80. The first-order valence-corrected chi connectivity index (χ1v) is 10.4. The summed E-state index contributed by atoms with van der Waals surface area (Å²) < 4.78 is 5.51. The highest BCUT2D eigenvalue weighted by atomic mass is 35.5. The van der Waals surface area contributed by atoms with Crippen LogP contribution in [-0.2, 0) is 20.7 Å². The molecule has 4 aliphatic rings. The molecule has 0 aliphatic heterocycles. The van der Waals surface area contributed by atoms with Crippen LogP contribution in [0.25, 0.3) is 0 Å². The van der Waals surface area contributed by atoms with Crippen LogP contribution < -0.4 is 5.32 Å². The number of halogens is 1. The molecule has 0 radical (unpaired) electrons. The van der Waals surface area contributed by atoms with Crippen molar-refractivity contribution in [1.29, 1.82) is 0 Å². The first-order valence-electron chi connectivity index (χ1n) is 10.1. The SMILES string of the molecule is CCc1cccc(C)c1NC(=O)COC(=O)C12C[C@@H]3C[C@@H](CC(Cl)(C3)C1)C2. The molecule has 4 aliphatic carbocycles. The number of benzene rings is 1. The summed E-state index contributed by atoms with van der Waals surface area (Å²) in [6, 6.07) is 5.96. The van der Waals surface area contributed by atoms with Crippen molar-refractivity contribution in [3.8, 4) is 0 Å². The quantitative estimate of drug-likeness (QED) is 0.590. The van der Waals surface area contributed by atoms with Gasteiger partial charge in [-0.2, -0.15) is 0 Å². The van der Waals surface area contributed by atoms with Crippen molar-refractivity contribution in [3.05, 3.63) is 29.3 Å². The molecule has 0 heterocycles. The molecule has 2 unspecified atom stereocenters. The monoisotopic (exact) mass is 389 g/mol. The van der Waals surface area contributed by atoms with E-state index < -0.39 is 5.41 Å². The van der Waals surface area contributed by atoms with E-state index in [-0.39, 0.29) is 23.4 Å². The number of hydrogen-bond acceptors (Lipinski definition) is 3. The van der Waals surface area contributed by atoms with Crippen LogP contribution >= 0.6 is 11.6 Å². The summed E-state index contributed by atoms with van der Waals surface area (Å²) in [5.41, 5.74) is 2.46. The van der Waals surface area contributed by atoms with Gasteiger partial charge in [-0.25, -0.2) is 0 Å². The number of para-hydroxylation sites is 1. The minimum Gasteiger partial charge on any atom is -0.455 e. The Bertz CT molecular complexity index is 761. The van der Waals surface area contributed by atoms with Gasteiger partial charge in [0.2, 0.25) is 0 Å². The van der Waals surface area contributed by atoms with E-state index in [2.05, 4.69) is 12.2 Å². The molecule has 4 bridgehead atoms. The second-order valence-electron chi connectivity index (χ2n) is 8.98. The number of carbonyl (C=O) groups excluding carboxylic acids is 2. The summed E-state index contributed by atoms with van der Waals surface area (Å²) >= 11 is 6.80. The van der Waals surface area contributed by atoms with E-state index in [1.54, 1.807) is 0 Å². The lowest BCUT2D eigenvalue weighted by Crippen LogP contribution is -2.56. The van der Waals surface area contributed by atoms with Gasteiger partial charge in [0.05, 0.1) is 5.41 Å². The van der Waals surface area contributed by atoms with Crippen molar-refractivity contribution < 1.29 is 14.3 Å². The van der Waals surface area contributed by atoms with Gasteiger partial charge < -0.3 is 10.1 Å². The fourth-order valence-electron chi connectivity index (χ4n) is 6.05. The molecular weight excluding hydrogens is 362 g/mol. The van der Waals surface area contributed by atoms with Crippen LogP contribution in [0.3, 0.4) is 0 Å². The number of carbonyl (C=O) groups is 2. The van der Waals surface area contributed by atoms with Crippen molar-refractivity contribution in [2.24, 2.45) is 17.3 Å². The average Bonchev–Trinajstić information content (AvgIpc) is 2.59. The van der Waals surface area contributed by atoms with Gasteiger partial charge in [-0.1, -0.05) is 25.1 Å². The van der Waals surface area contributed by atoms with Crippen LogP contribution in [0, 0.1) is 24.2 Å². The van der Waals surface area contributed by atoms with Gasteiger partial charge in [0.25, 0.3) is 5.91 Å². The number of anilines is 1. The molecular formula is C22H28ClNO3. The highest BCUT2D eigenvalue weighted by Gasteiger charge is 2.60. The number of alkyl halides is 1. The number of esters is 1. The van der Waals surface area contributed by atoms with E-state index in [9.17, 15) is 9.59 Å². The minimum atomic E-state index is -0.469. The van der Waals surface area contributed by atoms with E-state index in [1.807, 2.05) is 25.1 Å². The molecule has 4 saturated carbocycles. The molecule has 4 nitrogen and oxygen atoms in total. The molecule has 4 atom stereocenters. The van der Waals surface area contributed by atoms with Crippen LogP contribution in [0.1, 0.15) is 56.6 Å². The number of ether oxygens (including phenoxy) is 1. The van der Waals surface area contributed by atoms with E-state index in [0.717, 1.165) is 48.9 Å². The van der Waals surface area contributed by atoms with Crippen LogP contribution in [0.5, 0.6) is 0 Å². The van der Waals surface area contributed by atoms with Crippen LogP contribution in [0.15, 0.2) is 18.2 Å². The number of amides is 1. The molecule has 4 fully saturated rings. The zero-order valence-electron chi connectivity index (χ0n) is 16.1. The largest absolute Gasteiger partial charge is 0.455 e. The number of nitrogens with one attached hydrogen (secondary N) is 1. The molecule has 5 heteroatoms. The zero-order chi connectivity index (χ0) is 19.2. The lowest BCUT2D eigenvalue weighted by atomic mass is 9.49. The summed E-state index contributed by atoms with van der Waals surface area (Å²) in [5, 5.41) is 2.92. The maximum Gasteiger partial charge on any atom is 0.312 e. The summed E-state index contributed by atoms with van der Waals surface area (Å²) in [6.07, 6.45) is 6.51. The Morgan fingerprint density at radius 1 is 1.22 bits per heavy atom. The van der Waals surface area contributed by atoms with Crippen molar-refractivity contribution in [2.45, 2.75) is 63.7 Å². The normalized spacial score (nSPS) is 33.7. The molecule has 1 N–H and O–H groups in total. The lowest BCUT2D eigenvalue weighted by molar-refractivity contribution is -0.171. The smallest absolute Gasteiger partial charge is 0.312 e. The van der Waals surface area contributed by atoms with Gasteiger partial charge in [0.1, 0.15) is 0 Å². The molecule has 0 aromatic heterocycles. The van der Waals surface area contributed by atoms with Gasteiger partial charge in [-0.15, -0.1) is 11.6 Å². The van der Waals surface area contributed by atoms with Crippen LogP contribution in [0.2, 0.25) is 0 Å². The third-order valence-electron chi connectivity index (χ3n) is 6.76. The standard InChI is InChI=1S/C22H28ClNO3/c1-3-17-6-4-5-14(2)19(17)24-18(25)12-27-20(26)21-8-15-7-16(9-21)11-22(23,10-15)13-21/h4-6,15-16H,3,7-13H2,1-2H3,(H,24,25)/t15-,16+,21?,22?. The van der Waals surface area contributed by atoms with Gasteiger partial charge in [-0.05, 0) is 74.8 Å². The predicted molar refractivity (Wildman–Crippen MR) is 106 cm³/mol.